The fourth-order valence-corrected chi connectivity index (χ4v) is 4.18. The maximum atomic E-state index is 5.87. The summed E-state index contributed by atoms with van der Waals surface area (Å²) in [4.78, 5) is 0. The molecular formula is C28H33BrN2O3. The van der Waals surface area contributed by atoms with Crippen LogP contribution in [-0.4, -0.2) is 33.0 Å². The molecule has 0 N–H and O–H groups in total. The van der Waals surface area contributed by atoms with Crippen LogP contribution in [0.5, 0.6) is 5.75 Å². The minimum atomic E-state index is 0.291. The molecule has 1 saturated heterocycles. The van der Waals surface area contributed by atoms with E-state index in [0.717, 1.165) is 91.4 Å². The normalized spacial score (nSPS) is 15.0. The zero-order chi connectivity index (χ0) is 23.6. The molecule has 0 radical (unpaired) electrons. The number of azo groups is 1. The smallest absolute Gasteiger partial charge is 0.119 e. The fraction of sp³-hybridized carbons (Fsp3) is 0.429. The molecule has 1 aromatic carbocycles. The van der Waals surface area contributed by atoms with E-state index in [0.29, 0.717) is 5.41 Å². The van der Waals surface area contributed by atoms with Crippen LogP contribution in [0.15, 0.2) is 75.4 Å². The third kappa shape index (κ3) is 7.11. The van der Waals surface area contributed by atoms with Gasteiger partial charge in [-0.15, -0.1) is 0 Å². The lowest BCUT2D eigenvalue weighted by atomic mass is 9.84. The van der Waals surface area contributed by atoms with Gasteiger partial charge in [0.15, 0.2) is 0 Å². The molecule has 1 fully saturated rings. The average Bonchev–Trinajstić information content (AvgIpc) is 3.14. The zero-order valence-electron chi connectivity index (χ0n) is 19.8. The molecule has 1 aliphatic heterocycles. The van der Waals surface area contributed by atoms with Crippen molar-refractivity contribution >= 4 is 27.3 Å². The van der Waals surface area contributed by atoms with Crippen LogP contribution >= 0.6 is 15.9 Å². The Morgan fingerprint density at radius 2 is 1.47 bits per heavy atom. The molecule has 0 bridgehead atoms. The van der Waals surface area contributed by atoms with E-state index < -0.39 is 0 Å². The van der Waals surface area contributed by atoms with Crippen LogP contribution in [0.1, 0.15) is 39.0 Å². The van der Waals surface area contributed by atoms with E-state index in [4.69, 9.17) is 14.2 Å². The van der Waals surface area contributed by atoms with Gasteiger partial charge in [-0.05, 0) is 85.3 Å². The first-order valence-electron chi connectivity index (χ1n) is 12.2. The second-order valence-corrected chi connectivity index (χ2v) is 9.95. The monoisotopic (exact) mass is 524 g/mol. The van der Waals surface area contributed by atoms with Crippen LogP contribution in [0, 0.1) is 5.41 Å². The molecular weight excluding hydrogens is 492 g/mol. The number of ether oxygens (including phenoxy) is 3. The van der Waals surface area contributed by atoms with Crippen LogP contribution in [0.2, 0.25) is 0 Å². The van der Waals surface area contributed by atoms with Gasteiger partial charge in [-0.3, -0.25) is 0 Å². The quantitative estimate of drug-likeness (QED) is 0.166. The van der Waals surface area contributed by atoms with Crippen LogP contribution in [0.3, 0.4) is 0 Å². The largest absolute Gasteiger partial charge is 0.494 e. The Morgan fingerprint density at radius 1 is 0.824 bits per heavy atom. The summed E-state index contributed by atoms with van der Waals surface area (Å²) in [6, 6.07) is 20.1. The Kier molecular flexibility index (Phi) is 9.08. The van der Waals surface area contributed by atoms with E-state index in [1.54, 1.807) is 0 Å². The summed E-state index contributed by atoms with van der Waals surface area (Å²) in [6.07, 6.45) is 5.62. The predicted octanol–water partition coefficient (Wildman–Crippen LogP) is 8.35. The second-order valence-electron chi connectivity index (χ2n) is 9.03. The summed E-state index contributed by atoms with van der Waals surface area (Å²) >= 11 is 3.50. The van der Waals surface area contributed by atoms with Gasteiger partial charge in [0.05, 0.1) is 37.8 Å². The van der Waals surface area contributed by atoms with Crippen molar-refractivity contribution in [1.29, 1.82) is 0 Å². The number of hydrogen-bond acceptors (Lipinski definition) is 5. The topological polar surface area (TPSA) is 52.4 Å². The molecule has 34 heavy (non-hydrogen) atoms. The Morgan fingerprint density at radius 3 is 2.09 bits per heavy atom. The minimum absolute atomic E-state index is 0.291. The Hall–Kier alpha value is -2.28. The SMILES string of the molecule is CCC1(COCCCCCCOc2ccc(N=Nc3cc4ccc(Br)ccc-4c3)cc2)COC1. The summed E-state index contributed by atoms with van der Waals surface area (Å²) in [5.74, 6) is 0.868. The van der Waals surface area contributed by atoms with Crippen molar-refractivity contribution in [2.45, 2.75) is 39.0 Å². The van der Waals surface area contributed by atoms with Gasteiger partial charge in [-0.1, -0.05) is 41.4 Å². The zero-order valence-corrected chi connectivity index (χ0v) is 21.4. The second kappa shape index (κ2) is 12.4. The number of benzene rings is 1. The molecule has 0 atom stereocenters. The summed E-state index contributed by atoms with van der Waals surface area (Å²) in [7, 11) is 0. The predicted molar refractivity (Wildman–Crippen MR) is 140 cm³/mol. The van der Waals surface area contributed by atoms with Crippen molar-refractivity contribution in [2.75, 3.05) is 33.0 Å². The molecule has 1 aromatic rings. The summed E-state index contributed by atoms with van der Waals surface area (Å²) in [6.45, 7) is 6.33. The van der Waals surface area contributed by atoms with Gasteiger partial charge >= 0.3 is 0 Å². The molecule has 6 heteroatoms. The maximum absolute atomic E-state index is 5.87. The highest BCUT2D eigenvalue weighted by molar-refractivity contribution is 9.10. The number of fused-ring (bicyclic) bond motifs is 1. The van der Waals surface area contributed by atoms with E-state index in [9.17, 15) is 0 Å². The van der Waals surface area contributed by atoms with Gasteiger partial charge in [-0.2, -0.15) is 10.2 Å². The standard InChI is InChI=1S/C28H33BrN2O3/c1-2-28(20-33-21-28)19-32-15-5-3-4-6-16-34-27-13-11-25(12-14-27)30-31-26-17-22-7-9-24(29)10-8-23(22)18-26/h7-14,17-18H,2-6,15-16,19-21H2,1H3. The van der Waals surface area contributed by atoms with Gasteiger partial charge in [0.2, 0.25) is 0 Å². The van der Waals surface area contributed by atoms with Gasteiger partial charge in [0.25, 0.3) is 0 Å². The molecule has 4 rings (SSSR count). The molecule has 5 nitrogen and oxygen atoms in total. The highest BCUT2D eigenvalue weighted by Gasteiger charge is 2.36. The number of nitrogens with zero attached hydrogens (tertiary/aromatic N) is 2. The maximum Gasteiger partial charge on any atom is 0.119 e. The molecule has 180 valence electrons. The minimum Gasteiger partial charge on any atom is -0.494 e. The first-order valence-corrected chi connectivity index (χ1v) is 12.9. The highest BCUT2D eigenvalue weighted by atomic mass is 79.9. The van der Waals surface area contributed by atoms with E-state index in [1.807, 2.05) is 48.5 Å². The molecule has 0 aromatic heterocycles. The van der Waals surface area contributed by atoms with Gasteiger partial charge < -0.3 is 14.2 Å². The van der Waals surface area contributed by atoms with E-state index in [1.165, 1.54) is 6.42 Å². The van der Waals surface area contributed by atoms with E-state index in [-0.39, 0.29) is 0 Å². The lowest BCUT2D eigenvalue weighted by Gasteiger charge is -2.40. The Labute approximate surface area is 211 Å². The Bertz CT molecular complexity index is 995. The van der Waals surface area contributed by atoms with Gasteiger partial charge in [-0.25, -0.2) is 0 Å². The number of rotatable bonds is 13. The van der Waals surface area contributed by atoms with Gasteiger partial charge in [0.1, 0.15) is 5.75 Å². The Balaban J connectivity index is 1.11. The molecule has 3 aliphatic rings. The summed E-state index contributed by atoms with van der Waals surface area (Å²) in [5.41, 5.74) is 4.24. The molecule has 0 unspecified atom stereocenters. The highest BCUT2D eigenvalue weighted by Crippen LogP contribution is 2.33. The van der Waals surface area contributed by atoms with E-state index >= 15 is 0 Å². The van der Waals surface area contributed by atoms with Gasteiger partial charge in [0, 0.05) is 16.5 Å². The number of hydrogen-bond donors (Lipinski definition) is 0. The van der Waals surface area contributed by atoms with Crippen LogP contribution in [0.25, 0.3) is 11.1 Å². The third-order valence-corrected chi connectivity index (χ3v) is 6.86. The first kappa shape index (κ1) is 24.8. The number of halogens is 1. The van der Waals surface area contributed by atoms with Crippen molar-refractivity contribution in [3.63, 3.8) is 0 Å². The van der Waals surface area contributed by atoms with Crippen molar-refractivity contribution in [1.82, 2.24) is 0 Å². The van der Waals surface area contributed by atoms with Crippen molar-refractivity contribution in [3.8, 4) is 16.9 Å². The average molecular weight is 525 g/mol. The van der Waals surface area contributed by atoms with E-state index in [2.05, 4.69) is 45.2 Å². The van der Waals surface area contributed by atoms with Crippen molar-refractivity contribution in [2.24, 2.45) is 15.6 Å². The number of unbranched alkanes of at least 4 members (excludes halogenated alkanes) is 3. The first-order chi connectivity index (χ1) is 16.7. The third-order valence-electron chi connectivity index (χ3n) is 6.33. The molecule has 0 spiro atoms. The van der Waals surface area contributed by atoms with Crippen LogP contribution in [0.4, 0.5) is 11.4 Å². The van der Waals surface area contributed by atoms with Crippen LogP contribution < -0.4 is 4.74 Å². The summed E-state index contributed by atoms with van der Waals surface area (Å²) in [5, 5.41) is 8.75. The molecule has 1 heterocycles. The van der Waals surface area contributed by atoms with Crippen LogP contribution in [-0.2, 0) is 9.47 Å². The van der Waals surface area contributed by atoms with Crippen molar-refractivity contribution in [3.05, 3.63) is 65.1 Å². The molecule has 2 aliphatic carbocycles. The molecule has 0 saturated carbocycles. The lowest BCUT2D eigenvalue weighted by Crippen LogP contribution is -2.45. The molecule has 0 amide bonds. The lowest BCUT2D eigenvalue weighted by molar-refractivity contribution is -0.150. The summed E-state index contributed by atoms with van der Waals surface area (Å²) < 4.78 is 18.1. The van der Waals surface area contributed by atoms with Crippen molar-refractivity contribution < 1.29 is 14.2 Å². The fourth-order valence-electron chi connectivity index (χ4n) is 3.91.